The predicted octanol–water partition coefficient (Wildman–Crippen LogP) is 3.08. The van der Waals surface area contributed by atoms with Crippen LogP contribution < -0.4 is 0 Å². The number of H-pyrrole nitrogens is 1. The Bertz CT molecular complexity index is 1110. The van der Waals surface area contributed by atoms with Crippen LogP contribution in [0.3, 0.4) is 0 Å². The molecule has 178 valence electrons. The maximum atomic E-state index is 13.1. The van der Waals surface area contributed by atoms with Crippen LogP contribution in [0.4, 0.5) is 0 Å². The monoisotopic (exact) mass is 457 g/mol. The molecule has 2 aromatic heterocycles. The molecule has 1 atom stereocenters. The van der Waals surface area contributed by atoms with Crippen molar-refractivity contribution in [1.82, 2.24) is 14.8 Å². The topological polar surface area (TPSA) is 116 Å². The van der Waals surface area contributed by atoms with E-state index in [1.807, 2.05) is 19.0 Å². The van der Waals surface area contributed by atoms with Crippen molar-refractivity contribution in [3.05, 3.63) is 51.7 Å². The zero-order valence-corrected chi connectivity index (χ0v) is 19.9. The number of esters is 1. The normalized spacial score (nSPS) is 17.9. The minimum atomic E-state index is -0.861. The molecule has 33 heavy (non-hydrogen) atoms. The molecule has 0 saturated carbocycles. The van der Waals surface area contributed by atoms with Gasteiger partial charge in [0.25, 0.3) is 11.7 Å². The van der Waals surface area contributed by atoms with Crippen LogP contribution in [0.2, 0.25) is 0 Å². The van der Waals surface area contributed by atoms with Crippen LogP contribution in [-0.4, -0.2) is 71.3 Å². The molecular weight excluding hydrogens is 426 g/mol. The minimum Gasteiger partial charge on any atom is -0.507 e. The Morgan fingerprint density at radius 2 is 1.94 bits per heavy atom. The third kappa shape index (κ3) is 4.59. The molecule has 0 aromatic carbocycles. The summed E-state index contributed by atoms with van der Waals surface area (Å²) >= 11 is 0. The number of hydrogen-bond donors (Lipinski definition) is 2. The zero-order valence-electron chi connectivity index (χ0n) is 19.9. The second-order valence-electron chi connectivity index (χ2n) is 8.44. The van der Waals surface area contributed by atoms with E-state index < -0.39 is 23.7 Å². The summed E-state index contributed by atoms with van der Waals surface area (Å²) in [5.41, 5.74) is 1.37. The number of aliphatic hydroxyl groups excluding tert-OH is 1. The van der Waals surface area contributed by atoms with Crippen molar-refractivity contribution >= 4 is 23.4 Å². The van der Waals surface area contributed by atoms with Crippen LogP contribution in [-0.2, 0) is 14.3 Å². The summed E-state index contributed by atoms with van der Waals surface area (Å²) in [6, 6.07) is 2.60. The lowest BCUT2D eigenvalue weighted by molar-refractivity contribution is -0.140. The molecule has 0 radical (unpaired) electrons. The predicted molar refractivity (Wildman–Crippen MR) is 122 cm³/mol. The Morgan fingerprint density at radius 3 is 2.52 bits per heavy atom. The molecule has 2 aromatic rings. The van der Waals surface area contributed by atoms with Crippen LogP contribution in [0.5, 0.6) is 0 Å². The maximum Gasteiger partial charge on any atom is 0.355 e. The Labute approximate surface area is 193 Å². The number of nitrogens with zero attached hydrogens (tertiary/aromatic N) is 2. The number of furan rings is 1. The average molecular weight is 458 g/mol. The fraction of sp³-hybridized carbons (Fsp3) is 0.458. The highest BCUT2D eigenvalue weighted by Gasteiger charge is 2.47. The Morgan fingerprint density at radius 1 is 1.24 bits per heavy atom. The van der Waals surface area contributed by atoms with E-state index >= 15 is 0 Å². The van der Waals surface area contributed by atoms with Crippen LogP contribution in [0, 0.1) is 20.8 Å². The molecule has 1 aliphatic rings. The smallest absolute Gasteiger partial charge is 0.355 e. The summed E-state index contributed by atoms with van der Waals surface area (Å²) < 4.78 is 10.9. The summed E-state index contributed by atoms with van der Waals surface area (Å²) in [6.07, 6.45) is 0.644. The van der Waals surface area contributed by atoms with Crippen LogP contribution >= 0.6 is 0 Å². The number of carbonyl (C=O) groups is 3. The van der Waals surface area contributed by atoms with Gasteiger partial charge in [0.15, 0.2) is 0 Å². The molecule has 1 saturated heterocycles. The zero-order chi connectivity index (χ0) is 24.4. The van der Waals surface area contributed by atoms with Gasteiger partial charge in [0, 0.05) is 17.8 Å². The first-order valence-electron chi connectivity index (χ1n) is 10.9. The van der Waals surface area contributed by atoms with Crippen molar-refractivity contribution < 1.29 is 28.6 Å². The summed E-state index contributed by atoms with van der Waals surface area (Å²) in [5, 5.41) is 11.3. The van der Waals surface area contributed by atoms with E-state index in [9.17, 15) is 19.5 Å². The maximum absolute atomic E-state index is 13.1. The number of ether oxygens (including phenoxy) is 1. The Kier molecular flexibility index (Phi) is 7.12. The van der Waals surface area contributed by atoms with E-state index in [4.69, 9.17) is 9.15 Å². The number of amides is 1. The van der Waals surface area contributed by atoms with Crippen molar-refractivity contribution in [3.63, 3.8) is 0 Å². The molecule has 3 heterocycles. The van der Waals surface area contributed by atoms with Gasteiger partial charge in [-0.3, -0.25) is 9.59 Å². The third-order valence-corrected chi connectivity index (χ3v) is 5.73. The van der Waals surface area contributed by atoms with Gasteiger partial charge in [0.1, 0.15) is 29.0 Å². The van der Waals surface area contributed by atoms with Crippen LogP contribution in [0.25, 0.3) is 5.76 Å². The summed E-state index contributed by atoms with van der Waals surface area (Å²) in [7, 11) is 3.86. The first kappa shape index (κ1) is 24.3. The largest absolute Gasteiger partial charge is 0.507 e. The van der Waals surface area contributed by atoms with Crippen molar-refractivity contribution in [1.29, 1.82) is 0 Å². The highest BCUT2D eigenvalue weighted by molar-refractivity contribution is 6.46. The molecule has 9 heteroatoms. The molecule has 0 bridgehead atoms. The first-order valence-corrected chi connectivity index (χ1v) is 10.9. The van der Waals surface area contributed by atoms with E-state index in [1.165, 1.54) is 4.90 Å². The minimum absolute atomic E-state index is 0.0557. The molecule has 0 spiro atoms. The quantitative estimate of drug-likeness (QED) is 0.271. The van der Waals surface area contributed by atoms with E-state index in [1.54, 1.807) is 39.8 Å². The molecular formula is C24H31N3O6. The lowest BCUT2D eigenvalue weighted by atomic mass is 9.97. The van der Waals surface area contributed by atoms with Gasteiger partial charge in [0.2, 0.25) is 0 Å². The third-order valence-electron chi connectivity index (χ3n) is 5.73. The number of nitrogens with one attached hydrogen (secondary N) is 1. The number of carbonyl (C=O) groups excluding carboxylic acids is 3. The average Bonchev–Trinajstić information content (AvgIpc) is 3.37. The van der Waals surface area contributed by atoms with Gasteiger partial charge in [0.05, 0.1) is 12.2 Å². The van der Waals surface area contributed by atoms with Crippen molar-refractivity contribution in [3.8, 4) is 0 Å². The van der Waals surface area contributed by atoms with Gasteiger partial charge in [-0.2, -0.15) is 0 Å². The number of rotatable bonds is 8. The van der Waals surface area contributed by atoms with Gasteiger partial charge in [-0.05, 0) is 72.5 Å². The summed E-state index contributed by atoms with van der Waals surface area (Å²) in [4.78, 5) is 44.8. The summed E-state index contributed by atoms with van der Waals surface area (Å²) in [6.45, 7) is 8.07. The molecule has 3 rings (SSSR count). The van der Waals surface area contributed by atoms with E-state index in [0.717, 1.165) is 6.54 Å². The fourth-order valence-electron chi connectivity index (χ4n) is 4.21. The number of likely N-dealkylation sites (tertiary alicyclic amines) is 1. The highest BCUT2D eigenvalue weighted by Crippen LogP contribution is 2.41. The molecule has 1 amide bonds. The molecule has 0 aliphatic carbocycles. The van der Waals surface area contributed by atoms with Gasteiger partial charge in [-0.25, -0.2) is 4.79 Å². The number of Topliss-reactive ketones (excluding diaryl/α,β-unsaturated/α-hetero) is 1. The second kappa shape index (κ2) is 9.66. The molecule has 1 unspecified atom stereocenters. The molecule has 1 aliphatic heterocycles. The number of aromatic amines is 1. The van der Waals surface area contributed by atoms with Crippen molar-refractivity contribution in [2.75, 3.05) is 33.8 Å². The van der Waals surface area contributed by atoms with Crippen LogP contribution in [0.15, 0.2) is 22.1 Å². The number of aryl methyl sites for hydroxylation is 2. The number of aromatic nitrogens is 1. The Balaban J connectivity index is 2.13. The van der Waals surface area contributed by atoms with Crippen molar-refractivity contribution in [2.45, 2.75) is 40.2 Å². The van der Waals surface area contributed by atoms with Gasteiger partial charge >= 0.3 is 5.97 Å². The highest BCUT2D eigenvalue weighted by atomic mass is 16.5. The second-order valence-corrected chi connectivity index (χ2v) is 8.44. The van der Waals surface area contributed by atoms with E-state index in [-0.39, 0.29) is 23.6 Å². The van der Waals surface area contributed by atoms with E-state index in [0.29, 0.717) is 41.3 Å². The number of aliphatic hydroxyl groups is 1. The lowest BCUT2D eigenvalue weighted by Gasteiger charge is -2.24. The number of ketones is 1. The SMILES string of the molecule is CCOC(=O)c1[nH]c(C)c(/C(O)=C2/C(=O)C(=O)N(CCCN(C)C)C2c2ccc(C)o2)c1C. The van der Waals surface area contributed by atoms with Gasteiger partial charge < -0.3 is 29.0 Å². The number of hydrogen-bond acceptors (Lipinski definition) is 7. The van der Waals surface area contributed by atoms with E-state index in [2.05, 4.69) is 4.98 Å². The summed E-state index contributed by atoms with van der Waals surface area (Å²) in [5.74, 6) is -1.35. The Hall–Kier alpha value is -3.33. The molecule has 1 fully saturated rings. The molecule has 2 N–H and O–H groups in total. The molecule has 9 nitrogen and oxygen atoms in total. The fourth-order valence-corrected chi connectivity index (χ4v) is 4.21. The van der Waals surface area contributed by atoms with Crippen LogP contribution in [0.1, 0.15) is 58.2 Å². The first-order chi connectivity index (χ1) is 15.6. The van der Waals surface area contributed by atoms with Crippen molar-refractivity contribution in [2.24, 2.45) is 0 Å². The standard InChI is InChI=1S/C24H31N3O6/c1-7-32-24(31)19-14(3)17(15(4)25-19)21(28)18-20(16-10-9-13(2)33-16)27(23(30)22(18)29)12-8-11-26(5)6/h9-10,20,25,28H,7-8,11-12H2,1-6H3/b21-18-. The van der Waals surface area contributed by atoms with Gasteiger partial charge in [-0.15, -0.1) is 0 Å². The van der Waals surface area contributed by atoms with Gasteiger partial charge in [-0.1, -0.05) is 0 Å². The lowest BCUT2D eigenvalue weighted by Crippen LogP contribution is -2.32.